The molecule has 1 aliphatic carbocycles. The fourth-order valence-electron chi connectivity index (χ4n) is 2.37. The van der Waals surface area contributed by atoms with E-state index < -0.39 is 6.10 Å². The van der Waals surface area contributed by atoms with Crippen molar-refractivity contribution in [2.75, 3.05) is 6.54 Å². The third-order valence-corrected chi connectivity index (χ3v) is 3.49. The molecule has 110 valence electrons. The van der Waals surface area contributed by atoms with E-state index >= 15 is 0 Å². The maximum absolute atomic E-state index is 11.9. The van der Waals surface area contributed by atoms with E-state index in [1.165, 1.54) is 0 Å². The van der Waals surface area contributed by atoms with Gasteiger partial charge in [-0.05, 0) is 33.1 Å². The third-order valence-electron chi connectivity index (χ3n) is 3.49. The van der Waals surface area contributed by atoms with E-state index in [1.54, 1.807) is 6.92 Å². The van der Waals surface area contributed by atoms with Crippen LogP contribution in [0.15, 0.2) is 0 Å². The number of carbonyl (C=O) groups excluding carboxylic acids is 2. The number of hydrogen-bond acceptors (Lipinski definition) is 3. The monoisotopic (exact) mass is 270 g/mol. The fraction of sp³-hybridized carbons (Fsp3) is 0.857. The van der Waals surface area contributed by atoms with Gasteiger partial charge in [-0.1, -0.05) is 12.8 Å². The molecule has 2 unspecified atom stereocenters. The number of carbonyl (C=O) groups is 2. The molecule has 2 atom stereocenters. The van der Waals surface area contributed by atoms with Gasteiger partial charge in [0, 0.05) is 24.9 Å². The number of hydrogen-bond donors (Lipinski definition) is 3. The molecule has 0 bridgehead atoms. The van der Waals surface area contributed by atoms with E-state index in [-0.39, 0.29) is 30.2 Å². The summed E-state index contributed by atoms with van der Waals surface area (Å²) < 4.78 is 0. The number of nitrogens with one attached hydrogen (secondary N) is 2. The number of amides is 2. The standard InChI is InChI=1S/C14H26N2O3/c1-10(9-13(18)15-8-7-11(2)17)16-14(19)12-5-3-4-6-12/h10-12,17H,3-9H2,1-2H3,(H,15,18)(H,16,19). The summed E-state index contributed by atoms with van der Waals surface area (Å²) in [6.07, 6.45) is 4.64. The maximum Gasteiger partial charge on any atom is 0.223 e. The van der Waals surface area contributed by atoms with Gasteiger partial charge in [-0.2, -0.15) is 0 Å². The zero-order valence-corrected chi connectivity index (χ0v) is 11.9. The Hall–Kier alpha value is -1.10. The fourth-order valence-corrected chi connectivity index (χ4v) is 2.37. The Labute approximate surface area is 115 Å². The summed E-state index contributed by atoms with van der Waals surface area (Å²) in [5.74, 6) is 0.141. The molecule has 3 N–H and O–H groups in total. The van der Waals surface area contributed by atoms with Crippen LogP contribution in [0.1, 0.15) is 52.4 Å². The first kappa shape index (κ1) is 16.0. The number of aliphatic hydroxyl groups excluding tert-OH is 1. The molecular formula is C14H26N2O3. The molecule has 5 heteroatoms. The molecule has 0 heterocycles. The summed E-state index contributed by atoms with van der Waals surface area (Å²) in [6, 6.07) is -0.139. The highest BCUT2D eigenvalue weighted by Crippen LogP contribution is 2.24. The smallest absolute Gasteiger partial charge is 0.223 e. The van der Waals surface area contributed by atoms with E-state index in [9.17, 15) is 9.59 Å². The number of aliphatic hydroxyl groups is 1. The van der Waals surface area contributed by atoms with E-state index in [2.05, 4.69) is 10.6 Å². The van der Waals surface area contributed by atoms with Crippen LogP contribution in [0.4, 0.5) is 0 Å². The zero-order valence-electron chi connectivity index (χ0n) is 11.9. The minimum absolute atomic E-state index is 0.0835. The van der Waals surface area contributed by atoms with Crippen molar-refractivity contribution in [1.29, 1.82) is 0 Å². The molecule has 0 spiro atoms. The van der Waals surface area contributed by atoms with Gasteiger partial charge < -0.3 is 15.7 Å². The first-order valence-corrected chi connectivity index (χ1v) is 7.24. The normalized spacial score (nSPS) is 18.9. The minimum atomic E-state index is -0.403. The van der Waals surface area contributed by atoms with Gasteiger partial charge >= 0.3 is 0 Å². The third kappa shape index (κ3) is 6.57. The second-order valence-electron chi connectivity index (χ2n) is 5.58. The molecule has 1 saturated carbocycles. The Balaban J connectivity index is 2.16. The van der Waals surface area contributed by atoms with Gasteiger partial charge in [-0.3, -0.25) is 9.59 Å². The van der Waals surface area contributed by atoms with E-state index in [4.69, 9.17) is 5.11 Å². The second kappa shape index (κ2) is 8.15. The molecule has 2 amide bonds. The average molecular weight is 270 g/mol. The predicted molar refractivity (Wildman–Crippen MR) is 73.5 cm³/mol. The molecule has 0 aromatic carbocycles. The van der Waals surface area contributed by atoms with Crippen LogP contribution in [0.3, 0.4) is 0 Å². The van der Waals surface area contributed by atoms with Crippen molar-refractivity contribution < 1.29 is 14.7 Å². The summed E-state index contributed by atoms with van der Waals surface area (Å²) in [5, 5.41) is 14.7. The van der Waals surface area contributed by atoms with Gasteiger partial charge in [-0.15, -0.1) is 0 Å². The molecule has 0 saturated heterocycles. The highest BCUT2D eigenvalue weighted by molar-refractivity contribution is 5.81. The van der Waals surface area contributed by atoms with Crippen molar-refractivity contribution in [2.45, 2.75) is 64.5 Å². The van der Waals surface area contributed by atoms with Crippen LogP contribution in [-0.4, -0.2) is 35.6 Å². The molecule has 5 nitrogen and oxygen atoms in total. The van der Waals surface area contributed by atoms with Crippen molar-refractivity contribution in [1.82, 2.24) is 10.6 Å². The van der Waals surface area contributed by atoms with Crippen LogP contribution < -0.4 is 10.6 Å². The lowest BCUT2D eigenvalue weighted by atomic mass is 10.1. The van der Waals surface area contributed by atoms with E-state index in [0.29, 0.717) is 13.0 Å². The molecule has 0 aliphatic heterocycles. The summed E-state index contributed by atoms with van der Waals surface area (Å²) >= 11 is 0. The Kier molecular flexibility index (Phi) is 6.84. The van der Waals surface area contributed by atoms with Crippen molar-refractivity contribution in [3.63, 3.8) is 0 Å². The summed E-state index contributed by atoms with van der Waals surface area (Å²) in [5.41, 5.74) is 0. The lowest BCUT2D eigenvalue weighted by Crippen LogP contribution is -2.40. The van der Waals surface area contributed by atoms with Crippen molar-refractivity contribution in [3.05, 3.63) is 0 Å². The van der Waals surface area contributed by atoms with Gasteiger partial charge in [0.15, 0.2) is 0 Å². The summed E-state index contributed by atoms with van der Waals surface area (Å²) in [7, 11) is 0. The number of rotatable bonds is 7. The molecule has 0 radical (unpaired) electrons. The van der Waals surface area contributed by atoms with Crippen molar-refractivity contribution in [3.8, 4) is 0 Å². The first-order valence-electron chi connectivity index (χ1n) is 7.24. The molecular weight excluding hydrogens is 244 g/mol. The van der Waals surface area contributed by atoms with Crippen molar-refractivity contribution in [2.24, 2.45) is 5.92 Å². The molecule has 0 aromatic rings. The SMILES string of the molecule is CC(O)CCNC(=O)CC(C)NC(=O)C1CCCC1. The topological polar surface area (TPSA) is 78.4 Å². The van der Waals surface area contributed by atoms with Crippen LogP contribution in [0.2, 0.25) is 0 Å². The summed E-state index contributed by atoms with van der Waals surface area (Å²) in [6.45, 7) is 4.01. The van der Waals surface area contributed by atoms with Gasteiger partial charge in [0.05, 0.1) is 6.10 Å². The Morgan fingerprint density at radius 3 is 2.47 bits per heavy atom. The van der Waals surface area contributed by atoms with Crippen molar-refractivity contribution >= 4 is 11.8 Å². The lowest BCUT2D eigenvalue weighted by molar-refractivity contribution is -0.126. The largest absolute Gasteiger partial charge is 0.393 e. The minimum Gasteiger partial charge on any atom is -0.393 e. The van der Waals surface area contributed by atoms with Gasteiger partial charge in [0.25, 0.3) is 0 Å². The molecule has 19 heavy (non-hydrogen) atoms. The van der Waals surface area contributed by atoms with Gasteiger partial charge in [0.2, 0.25) is 11.8 Å². The summed E-state index contributed by atoms with van der Waals surface area (Å²) in [4.78, 5) is 23.5. The maximum atomic E-state index is 11.9. The molecule has 0 aromatic heterocycles. The van der Waals surface area contributed by atoms with E-state index in [0.717, 1.165) is 25.7 Å². The highest BCUT2D eigenvalue weighted by atomic mass is 16.3. The lowest BCUT2D eigenvalue weighted by Gasteiger charge is -2.16. The highest BCUT2D eigenvalue weighted by Gasteiger charge is 2.24. The first-order chi connectivity index (χ1) is 8.99. The van der Waals surface area contributed by atoms with Crippen LogP contribution >= 0.6 is 0 Å². The predicted octanol–water partition coefficient (Wildman–Crippen LogP) is 0.958. The average Bonchev–Trinajstić information content (AvgIpc) is 2.81. The van der Waals surface area contributed by atoms with Crippen LogP contribution in [-0.2, 0) is 9.59 Å². The molecule has 1 aliphatic rings. The quantitative estimate of drug-likeness (QED) is 0.644. The van der Waals surface area contributed by atoms with Crippen LogP contribution in [0, 0.1) is 5.92 Å². The van der Waals surface area contributed by atoms with E-state index in [1.807, 2.05) is 6.92 Å². The van der Waals surface area contributed by atoms with Gasteiger partial charge in [0.1, 0.15) is 0 Å². The molecule has 1 fully saturated rings. The second-order valence-corrected chi connectivity index (χ2v) is 5.58. The Morgan fingerprint density at radius 1 is 1.26 bits per heavy atom. The van der Waals surface area contributed by atoms with Crippen LogP contribution in [0.25, 0.3) is 0 Å². The zero-order chi connectivity index (χ0) is 14.3. The Bertz CT molecular complexity index is 299. The van der Waals surface area contributed by atoms with Crippen LogP contribution in [0.5, 0.6) is 0 Å². The molecule has 1 rings (SSSR count). The Morgan fingerprint density at radius 2 is 1.89 bits per heavy atom. The van der Waals surface area contributed by atoms with Gasteiger partial charge in [-0.25, -0.2) is 0 Å².